The Labute approximate surface area is 188 Å². The van der Waals surface area contributed by atoms with Crippen LogP contribution in [-0.2, 0) is 11.2 Å². The first-order valence-corrected chi connectivity index (χ1v) is 10.3. The molecule has 4 aromatic rings. The van der Waals surface area contributed by atoms with Crippen LogP contribution in [0.25, 0.3) is 22.3 Å². The summed E-state index contributed by atoms with van der Waals surface area (Å²) < 4.78 is 18.9. The fourth-order valence-electron chi connectivity index (χ4n) is 3.74. The maximum absolute atomic E-state index is 13.9. The summed E-state index contributed by atoms with van der Waals surface area (Å²) in [5.74, 6) is -0.373. The lowest BCUT2D eigenvalue weighted by atomic mass is 10.0. The third-order valence-electron chi connectivity index (χ3n) is 5.30. The van der Waals surface area contributed by atoms with Gasteiger partial charge in [-0.2, -0.15) is 0 Å². The number of pyridine rings is 1. The van der Waals surface area contributed by atoms with Gasteiger partial charge in [0.1, 0.15) is 17.3 Å². The molecule has 1 amide bonds. The van der Waals surface area contributed by atoms with E-state index in [0.717, 1.165) is 27.9 Å². The highest BCUT2D eigenvalue weighted by molar-refractivity contribution is 5.93. The molecule has 0 saturated heterocycles. The van der Waals surface area contributed by atoms with E-state index in [0.29, 0.717) is 18.6 Å². The van der Waals surface area contributed by atoms with Gasteiger partial charge in [0.15, 0.2) is 0 Å². The maximum atomic E-state index is 13.9. The van der Waals surface area contributed by atoms with Gasteiger partial charge in [0, 0.05) is 23.5 Å². The van der Waals surface area contributed by atoms with Gasteiger partial charge in [-0.15, -0.1) is 0 Å². The summed E-state index contributed by atoms with van der Waals surface area (Å²) >= 11 is 0. The minimum absolute atomic E-state index is 0.106. The van der Waals surface area contributed by atoms with E-state index in [1.54, 1.807) is 18.3 Å². The minimum atomic E-state index is -0.572. The Hall–Kier alpha value is -4.27. The molecule has 0 fully saturated rings. The lowest BCUT2D eigenvalue weighted by Gasteiger charge is -2.08. The number of hydrogen-bond donors (Lipinski definition) is 2. The lowest BCUT2D eigenvalue weighted by molar-refractivity contribution is -0.384. The molecule has 0 bridgehead atoms. The van der Waals surface area contributed by atoms with Crippen LogP contribution in [0.5, 0.6) is 5.75 Å². The van der Waals surface area contributed by atoms with Crippen molar-refractivity contribution in [2.45, 2.75) is 19.3 Å². The van der Waals surface area contributed by atoms with Crippen molar-refractivity contribution in [3.63, 3.8) is 0 Å². The van der Waals surface area contributed by atoms with Crippen LogP contribution in [-0.4, -0.2) is 27.9 Å². The molecule has 33 heavy (non-hydrogen) atoms. The highest BCUT2D eigenvalue weighted by Gasteiger charge is 2.18. The van der Waals surface area contributed by atoms with E-state index in [4.69, 9.17) is 4.74 Å². The van der Waals surface area contributed by atoms with Gasteiger partial charge in [0.05, 0.1) is 29.5 Å². The molecule has 0 unspecified atom stereocenters. The number of halogens is 1. The van der Waals surface area contributed by atoms with Gasteiger partial charge in [0.25, 0.3) is 5.69 Å². The largest absolute Gasteiger partial charge is 0.496 e. The van der Waals surface area contributed by atoms with Gasteiger partial charge >= 0.3 is 0 Å². The average Bonchev–Trinajstić information content (AvgIpc) is 3.17. The van der Waals surface area contributed by atoms with E-state index in [2.05, 4.69) is 15.3 Å². The van der Waals surface area contributed by atoms with E-state index in [1.165, 1.54) is 31.4 Å². The Bertz CT molecular complexity index is 1320. The molecule has 0 atom stereocenters. The molecule has 0 radical (unpaired) electrons. The van der Waals surface area contributed by atoms with E-state index < -0.39 is 4.92 Å². The van der Waals surface area contributed by atoms with Crippen molar-refractivity contribution < 1.29 is 18.8 Å². The summed E-state index contributed by atoms with van der Waals surface area (Å²) in [6.07, 6.45) is 2.76. The molecule has 8 nitrogen and oxygen atoms in total. The molecule has 0 saturated carbocycles. The molecule has 9 heteroatoms. The molecule has 2 heterocycles. The van der Waals surface area contributed by atoms with Crippen LogP contribution in [0.3, 0.4) is 0 Å². The van der Waals surface area contributed by atoms with Crippen LogP contribution < -0.4 is 10.1 Å². The van der Waals surface area contributed by atoms with Crippen LogP contribution in [0.2, 0.25) is 0 Å². The van der Waals surface area contributed by atoms with Crippen molar-refractivity contribution >= 4 is 28.2 Å². The van der Waals surface area contributed by atoms with Gasteiger partial charge in [-0.25, -0.2) is 4.39 Å². The van der Waals surface area contributed by atoms with E-state index in [-0.39, 0.29) is 29.5 Å². The van der Waals surface area contributed by atoms with Gasteiger partial charge < -0.3 is 15.0 Å². The topological polar surface area (TPSA) is 110 Å². The second kappa shape index (κ2) is 9.47. The van der Waals surface area contributed by atoms with E-state index in [1.807, 2.05) is 18.2 Å². The third kappa shape index (κ3) is 4.82. The second-order valence-corrected chi connectivity index (χ2v) is 7.43. The monoisotopic (exact) mass is 448 g/mol. The zero-order valence-electron chi connectivity index (χ0n) is 17.8. The van der Waals surface area contributed by atoms with Crippen LogP contribution >= 0.6 is 0 Å². The predicted octanol–water partition coefficient (Wildman–Crippen LogP) is 5.25. The average molecular weight is 448 g/mol. The zero-order chi connectivity index (χ0) is 23.4. The molecule has 2 aromatic carbocycles. The number of aryl methyl sites for hydroxylation is 1. The fraction of sp³-hybridized carbons (Fsp3) is 0.167. The van der Waals surface area contributed by atoms with Crippen molar-refractivity contribution in [2.75, 3.05) is 12.4 Å². The van der Waals surface area contributed by atoms with E-state index in [9.17, 15) is 19.3 Å². The summed E-state index contributed by atoms with van der Waals surface area (Å²) in [5.41, 5.74) is 3.02. The van der Waals surface area contributed by atoms with Crippen LogP contribution in [0.4, 0.5) is 15.8 Å². The number of fused-ring (bicyclic) bond motifs is 1. The van der Waals surface area contributed by atoms with Crippen molar-refractivity contribution in [1.29, 1.82) is 0 Å². The molecule has 0 aliphatic heterocycles. The summed E-state index contributed by atoms with van der Waals surface area (Å²) in [5, 5.41) is 14.7. The Morgan fingerprint density at radius 2 is 2.06 bits per heavy atom. The molecule has 2 N–H and O–H groups in total. The first-order valence-electron chi connectivity index (χ1n) is 10.3. The number of nitrogens with one attached hydrogen (secondary N) is 2. The van der Waals surface area contributed by atoms with Crippen LogP contribution in [0.15, 0.2) is 60.8 Å². The number of carbonyl (C=O) groups excluding carboxylic acids is 1. The SMILES string of the molecule is COc1ccc(NC(=O)CCCc2c(-c3ccccn3)[nH]c3ccc(F)cc23)c([N+](=O)[O-])c1. The molecule has 168 valence electrons. The number of aromatic amines is 1. The molecule has 4 rings (SSSR count). The van der Waals surface area contributed by atoms with Crippen LogP contribution in [0, 0.1) is 15.9 Å². The van der Waals surface area contributed by atoms with Crippen molar-refractivity contribution in [3.05, 3.63) is 82.3 Å². The number of rotatable bonds is 8. The zero-order valence-corrected chi connectivity index (χ0v) is 17.8. The van der Waals surface area contributed by atoms with Gasteiger partial charge in [-0.3, -0.25) is 19.9 Å². The minimum Gasteiger partial charge on any atom is -0.496 e. The Kier molecular flexibility index (Phi) is 6.30. The number of aromatic nitrogens is 2. The van der Waals surface area contributed by atoms with Gasteiger partial charge in [0.2, 0.25) is 5.91 Å². The molecule has 2 aromatic heterocycles. The highest BCUT2D eigenvalue weighted by atomic mass is 19.1. The van der Waals surface area contributed by atoms with E-state index >= 15 is 0 Å². The van der Waals surface area contributed by atoms with Gasteiger partial charge in [-0.05, 0) is 60.9 Å². The molecule has 0 aliphatic rings. The normalized spacial score (nSPS) is 10.8. The van der Waals surface area contributed by atoms with Crippen LogP contribution in [0.1, 0.15) is 18.4 Å². The second-order valence-electron chi connectivity index (χ2n) is 7.43. The number of nitro groups is 1. The highest BCUT2D eigenvalue weighted by Crippen LogP contribution is 2.32. The van der Waals surface area contributed by atoms with Crippen molar-refractivity contribution in [1.82, 2.24) is 9.97 Å². The maximum Gasteiger partial charge on any atom is 0.296 e. The fourth-order valence-corrected chi connectivity index (χ4v) is 3.74. The number of nitro benzene ring substituents is 1. The molecular formula is C24H21FN4O4. The quantitative estimate of drug-likeness (QED) is 0.283. The Balaban J connectivity index is 1.51. The first-order chi connectivity index (χ1) is 16.0. The number of anilines is 1. The summed E-state index contributed by atoms with van der Waals surface area (Å²) in [7, 11) is 1.41. The summed E-state index contributed by atoms with van der Waals surface area (Å²) in [6, 6.07) is 14.3. The van der Waals surface area contributed by atoms with Gasteiger partial charge in [-0.1, -0.05) is 6.07 Å². The lowest BCUT2D eigenvalue weighted by Crippen LogP contribution is -2.13. The Morgan fingerprint density at radius 1 is 1.21 bits per heavy atom. The number of H-pyrrole nitrogens is 1. The number of ether oxygens (including phenoxy) is 1. The number of methoxy groups -OCH3 is 1. The molecular weight excluding hydrogens is 427 g/mol. The standard InChI is InChI=1S/C24H21FN4O4/c1-33-16-9-11-20(22(14-16)29(31)32)27-23(30)7-4-5-17-18-13-15(25)8-10-19(18)28-24(17)21-6-2-3-12-26-21/h2-3,6,8-14,28H,4-5,7H2,1H3,(H,27,30). The number of nitrogens with zero attached hydrogens (tertiary/aromatic N) is 2. The number of amides is 1. The first kappa shape index (κ1) is 21.9. The molecule has 0 aliphatic carbocycles. The number of benzene rings is 2. The number of hydrogen-bond acceptors (Lipinski definition) is 5. The third-order valence-corrected chi connectivity index (χ3v) is 5.30. The molecule has 0 spiro atoms. The number of carbonyl (C=O) groups is 1. The predicted molar refractivity (Wildman–Crippen MR) is 123 cm³/mol. The Morgan fingerprint density at radius 3 is 2.79 bits per heavy atom. The summed E-state index contributed by atoms with van der Waals surface area (Å²) in [4.78, 5) is 30.9. The van der Waals surface area contributed by atoms with Crippen molar-refractivity contribution in [2.24, 2.45) is 0 Å². The smallest absolute Gasteiger partial charge is 0.296 e. The van der Waals surface area contributed by atoms with Crippen molar-refractivity contribution in [3.8, 4) is 17.1 Å². The summed E-state index contributed by atoms with van der Waals surface area (Å²) in [6.45, 7) is 0.